The lowest BCUT2D eigenvalue weighted by molar-refractivity contribution is 0.000952. The Labute approximate surface area is 218 Å². The number of carbonyl (C=O) groups is 2. The van der Waals surface area contributed by atoms with E-state index >= 15 is 0 Å². The molecule has 2 amide bonds. The summed E-state index contributed by atoms with van der Waals surface area (Å²) in [7, 11) is 0. The maximum Gasteiger partial charge on any atom is 0.410 e. The van der Waals surface area contributed by atoms with Crippen LogP contribution in [0, 0.1) is 0 Å². The van der Waals surface area contributed by atoms with E-state index in [1.165, 1.54) is 0 Å². The molecule has 2 saturated heterocycles. The average molecular weight is 611 g/mol. The average Bonchev–Trinajstić information content (AvgIpc) is 2.89. The van der Waals surface area contributed by atoms with Crippen molar-refractivity contribution in [3.63, 3.8) is 0 Å². The fraction of sp³-hybridized carbons (Fsp3) is 0.682. The fourth-order valence-electron chi connectivity index (χ4n) is 4.64. The number of fused-ring (bicyclic) bond motifs is 2. The molecule has 4 rings (SSSR count). The molecule has 33 heavy (non-hydrogen) atoms. The summed E-state index contributed by atoms with van der Waals surface area (Å²) in [6.07, 6.45) is 0.558. The fourth-order valence-corrected chi connectivity index (χ4v) is 6.47. The summed E-state index contributed by atoms with van der Waals surface area (Å²) in [4.78, 5) is 36.5. The first-order chi connectivity index (χ1) is 15.3. The molecule has 0 radical (unpaired) electrons. The molecule has 0 saturated carbocycles. The van der Waals surface area contributed by atoms with Gasteiger partial charge in [0.05, 0.1) is 6.04 Å². The van der Waals surface area contributed by atoms with Crippen LogP contribution < -0.4 is 9.64 Å². The van der Waals surface area contributed by atoms with Crippen molar-refractivity contribution in [2.45, 2.75) is 62.1 Å². The van der Waals surface area contributed by atoms with Crippen molar-refractivity contribution >= 4 is 63.6 Å². The van der Waals surface area contributed by atoms with Crippen molar-refractivity contribution in [1.29, 1.82) is 0 Å². The Bertz CT molecular complexity index is 984. The van der Waals surface area contributed by atoms with Crippen molar-refractivity contribution in [3.8, 4) is 5.75 Å². The molecule has 3 aliphatic rings. The van der Waals surface area contributed by atoms with Gasteiger partial charge >= 0.3 is 6.09 Å². The topological polar surface area (TPSA) is 75.2 Å². The van der Waals surface area contributed by atoms with E-state index in [1.54, 1.807) is 9.80 Å². The molecule has 1 aromatic heterocycles. The predicted molar refractivity (Wildman–Crippen MR) is 136 cm³/mol. The Balaban J connectivity index is 1.68. The number of hydrogen-bond acceptors (Lipinski definition) is 6. The van der Waals surface area contributed by atoms with E-state index < -0.39 is 11.7 Å². The molecule has 182 valence electrons. The minimum absolute atomic E-state index is 0.112. The minimum Gasteiger partial charge on any atom is -0.489 e. The zero-order chi connectivity index (χ0) is 24.3. The van der Waals surface area contributed by atoms with Gasteiger partial charge in [-0.25, -0.2) is 9.78 Å². The molecule has 2 atom stereocenters. The van der Waals surface area contributed by atoms with Gasteiger partial charge in [-0.15, -0.1) is 0 Å². The smallest absolute Gasteiger partial charge is 0.410 e. The number of nitrogens with zero attached hydrogens (tertiary/aromatic N) is 4. The second kappa shape index (κ2) is 8.78. The summed E-state index contributed by atoms with van der Waals surface area (Å²) in [5.74, 6) is 0.566. The lowest BCUT2D eigenvalue weighted by Crippen LogP contribution is -2.58. The zero-order valence-corrected chi connectivity index (χ0v) is 23.1. The molecular weight excluding hydrogens is 582 g/mol. The van der Waals surface area contributed by atoms with Crippen molar-refractivity contribution in [2.24, 2.45) is 0 Å². The Morgan fingerprint density at radius 1 is 1.24 bits per heavy atom. The summed E-state index contributed by atoms with van der Waals surface area (Å²) in [6.45, 7) is 11.7. The van der Waals surface area contributed by atoms with Crippen LogP contribution in [0.5, 0.6) is 5.75 Å². The number of rotatable bonds is 1. The number of piperazine rings is 1. The molecule has 11 heteroatoms. The van der Waals surface area contributed by atoms with E-state index in [9.17, 15) is 9.59 Å². The standard InChI is InChI=1S/C22H29Cl2IN4O4/c1-21(2,3)33-20(31)27-6-7-28-13(10-27)11-32-16-14(19(28)30)18(26-17(24)15(16)23)29-9-12(25)8-22(29,4)5/h12-13H,6-11H2,1-5H3/t12-,13+/m0/s1. The third-order valence-electron chi connectivity index (χ3n) is 6.15. The van der Waals surface area contributed by atoms with E-state index in [-0.39, 0.29) is 40.0 Å². The third kappa shape index (κ3) is 4.82. The van der Waals surface area contributed by atoms with E-state index in [1.807, 2.05) is 20.8 Å². The number of aromatic nitrogens is 1. The highest BCUT2D eigenvalue weighted by atomic mass is 127. The number of carbonyl (C=O) groups excluding carboxylic acids is 2. The van der Waals surface area contributed by atoms with Crippen LogP contribution in [-0.2, 0) is 4.74 Å². The molecule has 0 spiro atoms. The number of hydrogen-bond donors (Lipinski definition) is 0. The quantitative estimate of drug-likeness (QED) is 0.262. The Kier molecular flexibility index (Phi) is 6.63. The molecule has 8 nitrogen and oxygen atoms in total. The van der Waals surface area contributed by atoms with Crippen molar-refractivity contribution in [3.05, 3.63) is 15.7 Å². The number of alkyl halides is 1. The number of amides is 2. The van der Waals surface area contributed by atoms with Crippen LogP contribution in [0.15, 0.2) is 0 Å². The summed E-state index contributed by atoms with van der Waals surface area (Å²) in [5.41, 5.74) is -0.453. The molecule has 0 unspecified atom stereocenters. The highest BCUT2D eigenvalue weighted by Gasteiger charge is 2.45. The van der Waals surface area contributed by atoms with Gasteiger partial charge in [0.15, 0.2) is 10.9 Å². The molecule has 1 aromatic rings. The predicted octanol–water partition coefficient (Wildman–Crippen LogP) is 4.63. The van der Waals surface area contributed by atoms with Crippen LogP contribution in [0.1, 0.15) is 51.4 Å². The van der Waals surface area contributed by atoms with Crippen LogP contribution in [0.2, 0.25) is 10.2 Å². The number of halogens is 3. The lowest BCUT2D eigenvalue weighted by atomic mass is 10.0. The van der Waals surface area contributed by atoms with Crippen LogP contribution in [0.25, 0.3) is 0 Å². The molecular formula is C22H29Cl2IN4O4. The van der Waals surface area contributed by atoms with E-state index in [2.05, 4.69) is 46.3 Å². The van der Waals surface area contributed by atoms with E-state index in [4.69, 9.17) is 32.7 Å². The highest BCUT2D eigenvalue weighted by Crippen LogP contribution is 2.45. The van der Waals surface area contributed by atoms with Crippen molar-refractivity contribution in [2.75, 3.05) is 37.7 Å². The van der Waals surface area contributed by atoms with Gasteiger partial charge in [-0.1, -0.05) is 45.8 Å². The van der Waals surface area contributed by atoms with Crippen LogP contribution >= 0.6 is 45.8 Å². The lowest BCUT2D eigenvalue weighted by Gasteiger charge is -2.40. The largest absolute Gasteiger partial charge is 0.489 e. The minimum atomic E-state index is -0.593. The van der Waals surface area contributed by atoms with Gasteiger partial charge in [-0.2, -0.15) is 0 Å². The van der Waals surface area contributed by atoms with Crippen LogP contribution in [0.4, 0.5) is 10.6 Å². The molecule has 0 aromatic carbocycles. The second-order valence-corrected chi connectivity index (χ2v) is 12.9. The maximum atomic E-state index is 13.9. The van der Waals surface area contributed by atoms with Crippen LogP contribution in [0.3, 0.4) is 0 Å². The summed E-state index contributed by atoms with van der Waals surface area (Å²) >= 11 is 15.3. The molecule has 0 aliphatic carbocycles. The van der Waals surface area contributed by atoms with Crippen molar-refractivity contribution < 1.29 is 19.1 Å². The molecule has 0 N–H and O–H groups in total. The Hall–Kier alpha value is -1.20. The second-order valence-electron chi connectivity index (χ2n) is 10.4. The van der Waals surface area contributed by atoms with Gasteiger partial charge in [-0.05, 0) is 41.0 Å². The Morgan fingerprint density at radius 2 is 1.94 bits per heavy atom. The Morgan fingerprint density at radius 3 is 2.55 bits per heavy atom. The molecule has 3 aliphatic heterocycles. The van der Waals surface area contributed by atoms with Crippen LogP contribution in [-0.4, -0.2) is 80.7 Å². The molecule has 0 bridgehead atoms. The monoisotopic (exact) mass is 610 g/mol. The van der Waals surface area contributed by atoms with Gasteiger partial charge in [0.2, 0.25) is 0 Å². The van der Waals surface area contributed by atoms with Gasteiger partial charge in [0.1, 0.15) is 28.6 Å². The first-order valence-electron chi connectivity index (χ1n) is 11.0. The summed E-state index contributed by atoms with van der Waals surface area (Å²) < 4.78 is 12.0. The first-order valence-corrected chi connectivity index (χ1v) is 13.0. The van der Waals surface area contributed by atoms with Gasteiger partial charge < -0.3 is 24.2 Å². The number of pyridine rings is 1. The number of ether oxygens (including phenoxy) is 2. The van der Waals surface area contributed by atoms with Crippen molar-refractivity contribution in [1.82, 2.24) is 14.8 Å². The molecule has 4 heterocycles. The van der Waals surface area contributed by atoms with Gasteiger partial charge in [-0.3, -0.25) is 4.79 Å². The normalized spacial score (nSPS) is 24.7. The number of anilines is 1. The summed E-state index contributed by atoms with van der Waals surface area (Å²) in [6, 6.07) is -0.335. The zero-order valence-electron chi connectivity index (χ0n) is 19.5. The summed E-state index contributed by atoms with van der Waals surface area (Å²) in [5, 5.41) is 0.247. The highest BCUT2D eigenvalue weighted by molar-refractivity contribution is 14.1. The maximum absolute atomic E-state index is 13.9. The van der Waals surface area contributed by atoms with E-state index in [0.29, 0.717) is 34.9 Å². The van der Waals surface area contributed by atoms with Gasteiger partial charge in [0, 0.05) is 35.6 Å². The van der Waals surface area contributed by atoms with Gasteiger partial charge in [0.25, 0.3) is 5.91 Å². The van der Waals surface area contributed by atoms with E-state index in [0.717, 1.165) is 13.0 Å². The SMILES string of the molecule is CC(C)(C)OC(=O)N1CCN2C(=O)c3c(N4C[C@@H](I)CC4(C)C)nc(Cl)c(Cl)c3OC[C@H]2C1. The third-order valence-corrected chi connectivity index (χ3v) is 7.71. The molecule has 2 fully saturated rings. The first kappa shape index (κ1) is 24.9.